The van der Waals surface area contributed by atoms with Crippen molar-refractivity contribution in [2.24, 2.45) is 0 Å². The lowest BCUT2D eigenvalue weighted by molar-refractivity contribution is -0.304. The zero-order valence-electron chi connectivity index (χ0n) is 16.0. The van der Waals surface area contributed by atoms with E-state index in [1.165, 1.54) is 6.92 Å². The molecule has 1 heterocycles. The highest BCUT2D eigenvalue weighted by molar-refractivity contribution is 5.88. The summed E-state index contributed by atoms with van der Waals surface area (Å²) in [5.41, 5.74) is 1.88. The molecule has 0 saturated heterocycles. The summed E-state index contributed by atoms with van der Waals surface area (Å²) in [4.78, 5) is 45.7. The zero-order chi connectivity index (χ0) is 21.0. The Bertz CT molecular complexity index is 994. The average Bonchev–Trinajstić information content (AvgIpc) is 2.65. The number of carboxylic acids is 1. The van der Waals surface area contributed by atoms with Gasteiger partial charge in [-0.25, -0.2) is 4.79 Å². The summed E-state index contributed by atoms with van der Waals surface area (Å²) >= 11 is 0. The van der Waals surface area contributed by atoms with E-state index in [1.54, 1.807) is 26.0 Å². The van der Waals surface area contributed by atoms with Crippen LogP contribution in [-0.4, -0.2) is 37.0 Å². The summed E-state index contributed by atoms with van der Waals surface area (Å²) in [5, 5.41) is 15.5. The summed E-state index contributed by atoms with van der Waals surface area (Å²) in [6.45, 7) is 5.69. The minimum absolute atomic E-state index is 0.364. The number of carbonyl (C=O) groups excluding carboxylic acids is 3. The predicted molar refractivity (Wildman–Crippen MR) is 97.8 cm³/mol. The maximum atomic E-state index is 12.1. The number of carboxylic acid groups (broad SMARTS) is 1. The van der Waals surface area contributed by atoms with Gasteiger partial charge in [0.05, 0.1) is 19.1 Å². The lowest BCUT2D eigenvalue weighted by atomic mass is 10.0. The molecule has 2 N–H and O–H groups in total. The lowest BCUT2D eigenvalue weighted by Crippen LogP contribution is -2.45. The highest BCUT2D eigenvalue weighted by Gasteiger charge is 2.19. The molecular weight excluding hydrogens is 368 g/mol. The molecule has 0 fully saturated rings. The lowest BCUT2D eigenvalue weighted by Gasteiger charge is -2.17. The highest BCUT2D eigenvalue weighted by Crippen LogP contribution is 2.29. The molecule has 0 saturated carbocycles. The Hall–Kier alpha value is -3.36. The Kier molecular flexibility index (Phi) is 6.40. The van der Waals surface area contributed by atoms with Crippen molar-refractivity contribution in [1.82, 2.24) is 10.6 Å². The van der Waals surface area contributed by atoms with Gasteiger partial charge in [0.15, 0.2) is 6.10 Å². The van der Waals surface area contributed by atoms with Gasteiger partial charge in [0.25, 0.3) is 5.91 Å². The van der Waals surface area contributed by atoms with Crippen LogP contribution in [0.2, 0.25) is 0 Å². The fraction of sp³-hybridized carbons (Fsp3) is 0.368. The minimum Gasteiger partial charge on any atom is -0.548 e. The molecule has 9 heteroatoms. The van der Waals surface area contributed by atoms with E-state index in [0.717, 1.165) is 10.9 Å². The van der Waals surface area contributed by atoms with Crippen molar-refractivity contribution < 1.29 is 28.6 Å². The molecule has 0 spiro atoms. The average molecular weight is 389 g/mol. The summed E-state index contributed by atoms with van der Waals surface area (Å²) < 4.78 is 11.0. The van der Waals surface area contributed by atoms with E-state index in [2.05, 4.69) is 10.6 Å². The molecule has 0 aliphatic carbocycles. The maximum Gasteiger partial charge on any atom is 0.339 e. The molecule has 2 rings (SSSR count). The van der Waals surface area contributed by atoms with Crippen molar-refractivity contribution >= 4 is 28.8 Å². The van der Waals surface area contributed by atoms with Gasteiger partial charge in [0, 0.05) is 16.5 Å². The molecule has 150 valence electrons. The third-order valence-electron chi connectivity index (χ3n) is 4.35. The first kappa shape index (κ1) is 20.9. The Balaban J connectivity index is 2.09. The molecule has 0 bridgehead atoms. The predicted octanol–water partition coefficient (Wildman–Crippen LogP) is -0.532. The van der Waals surface area contributed by atoms with E-state index in [9.17, 15) is 24.3 Å². The van der Waals surface area contributed by atoms with Crippen LogP contribution in [0.15, 0.2) is 21.3 Å². The van der Waals surface area contributed by atoms with Crippen LogP contribution in [0.5, 0.6) is 5.75 Å². The number of carbonyl (C=O) groups is 3. The summed E-state index contributed by atoms with van der Waals surface area (Å²) in [6, 6.07) is 3.43. The fourth-order valence-electron chi connectivity index (χ4n) is 2.54. The summed E-state index contributed by atoms with van der Waals surface area (Å²) in [6.07, 6.45) is -0.941. The van der Waals surface area contributed by atoms with Crippen LogP contribution >= 0.6 is 0 Å². The molecule has 2 aromatic rings. The SMILES string of the molecule is Cc1c(C)c2ccc(O[C@@H](C)C(=O)NCC(=O)NCC(=O)[O-])c(C)c2oc1=O. The van der Waals surface area contributed by atoms with Crippen molar-refractivity contribution in [2.75, 3.05) is 13.1 Å². The van der Waals surface area contributed by atoms with Gasteiger partial charge in [0.1, 0.15) is 11.3 Å². The number of aliphatic carboxylic acids is 1. The minimum atomic E-state index is -1.43. The molecule has 1 atom stereocenters. The van der Waals surface area contributed by atoms with Gasteiger partial charge in [-0.3, -0.25) is 9.59 Å². The second-order valence-electron chi connectivity index (χ2n) is 6.33. The molecule has 1 aromatic heterocycles. The van der Waals surface area contributed by atoms with Gasteiger partial charge in [-0.15, -0.1) is 0 Å². The third kappa shape index (κ3) is 4.67. The molecule has 0 aliphatic heterocycles. The molecule has 2 amide bonds. The van der Waals surface area contributed by atoms with Gasteiger partial charge in [-0.2, -0.15) is 0 Å². The number of amides is 2. The number of fused-ring (bicyclic) bond motifs is 1. The molecule has 0 aliphatic rings. The monoisotopic (exact) mass is 389 g/mol. The number of nitrogens with one attached hydrogen (secondary N) is 2. The first-order valence-corrected chi connectivity index (χ1v) is 8.56. The first-order chi connectivity index (χ1) is 13.1. The van der Waals surface area contributed by atoms with E-state index in [0.29, 0.717) is 22.5 Å². The van der Waals surface area contributed by atoms with E-state index >= 15 is 0 Å². The first-order valence-electron chi connectivity index (χ1n) is 8.56. The molecular formula is C19H21N2O7-. The van der Waals surface area contributed by atoms with Gasteiger partial charge >= 0.3 is 5.63 Å². The van der Waals surface area contributed by atoms with E-state index in [-0.39, 0.29) is 0 Å². The molecule has 0 radical (unpaired) electrons. The molecule has 0 unspecified atom stereocenters. The highest BCUT2D eigenvalue weighted by atomic mass is 16.5. The van der Waals surface area contributed by atoms with Crippen LogP contribution < -0.4 is 26.1 Å². The van der Waals surface area contributed by atoms with Gasteiger partial charge in [-0.05, 0) is 45.4 Å². The Labute approximate surface area is 160 Å². The van der Waals surface area contributed by atoms with Crippen molar-refractivity contribution in [3.63, 3.8) is 0 Å². The van der Waals surface area contributed by atoms with Crippen LogP contribution in [0.4, 0.5) is 0 Å². The number of hydrogen-bond donors (Lipinski definition) is 2. The summed E-state index contributed by atoms with van der Waals surface area (Å²) in [7, 11) is 0. The Morgan fingerprint density at radius 2 is 1.75 bits per heavy atom. The van der Waals surface area contributed by atoms with Crippen molar-refractivity contribution in [2.45, 2.75) is 33.8 Å². The van der Waals surface area contributed by atoms with E-state index in [1.807, 2.05) is 6.92 Å². The zero-order valence-corrected chi connectivity index (χ0v) is 16.0. The summed E-state index contributed by atoms with van der Waals surface area (Å²) in [5.74, 6) is -2.30. The van der Waals surface area contributed by atoms with Crippen LogP contribution in [0.1, 0.15) is 23.6 Å². The van der Waals surface area contributed by atoms with Gasteiger partial charge in [-0.1, -0.05) is 0 Å². The molecule has 1 aromatic carbocycles. The standard InChI is InChI=1S/C19H22N2O7/c1-9-10(2)19(26)28-17-11(3)14(6-5-13(9)17)27-12(4)18(25)21-7-15(22)20-8-16(23)24/h5-6,12H,7-8H2,1-4H3,(H,20,22)(H,21,25)(H,23,24)/p-1/t12-/m0/s1. The maximum absolute atomic E-state index is 12.1. The third-order valence-corrected chi connectivity index (χ3v) is 4.35. The van der Waals surface area contributed by atoms with Gasteiger partial charge < -0.3 is 29.7 Å². The van der Waals surface area contributed by atoms with E-state index < -0.39 is 42.6 Å². The number of benzene rings is 1. The van der Waals surface area contributed by atoms with Gasteiger partial charge in [0.2, 0.25) is 5.91 Å². The smallest absolute Gasteiger partial charge is 0.339 e. The van der Waals surface area contributed by atoms with Crippen LogP contribution in [-0.2, 0) is 14.4 Å². The Morgan fingerprint density at radius 3 is 2.39 bits per heavy atom. The quantitative estimate of drug-likeness (QED) is 0.607. The second-order valence-corrected chi connectivity index (χ2v) is 6.33. The number of aryl methyl sites for hydroxylation is 2. The fourth-order valence-corrected chi connectivity index (χ4v) is 2.54. The van der Waals surface area contributed by atoms with Crippen molar-refractivity contribution in [1.29, 1.82) is 0 Å². The topological polar surface area (TPSA) is 138 Å². The Morgan fingerprint density at radius 1 is 1.07 bits per heavy atom. The van der Waals surface area contributed by atoms with Crippen LogP contribution in [0, 0.1) is 20.8 Å². The number of rotatable bonds is 7. The molecule has 9 nitrogen and oxygen atoms in total. The molecule has 28 heavy (non-hydrogen) atoms. The van der Waals surface area contributed by atoms with E-state index in [4.69, 9.17) is 9.15 Å². The van der Waals surface area contributed by atoms with Crippen molar-refractivity contribution in [3.05, 3.63) is 39.2 Å². The van der Waals surface area contributed by atoms with Crippen LogP contribution in [0.3, 0.4) is 0 Å². The second kappa shape index (κ2) is 8.55. The number of ether oxygens (including phenoxy) is 1. The number of hydrogen-bond acceptors (Lipinski definition) is 7. The van der Waals surface area contributed by atoms with Crippen LogP contribution in [0.25, 0.3) is 11.0 Å². The normalized spacial score (nSPS) is 11.7. The van der Waals surface area contributed by atoms with Crippen molar-refractivity contribution in [3.8, 4) is 5.75 Å². The largest absolute Gasteiger partial charge is 0.548 e.